The van der Waals surface area contributed by atoms with Gasteiger partial charge >= 0.3 is 6.36 Å². The van der Waals surface area contributed by atoms with E-state index < -0.39 is 28.1 Å². The van der Waals surface area contributed by atoms with Gasteiger partial charge in [-0.15, -0.1) is 23.4 Å². The monoisotopic (exact) mass is 444 g/mol. The van der Waals surface area contributed by atoms with E-state index in [9.17, 15) is 21.6 Å². The number of halogens is 3. The summed E-state index contributed by atoms with van der Waals surface area (Å²) in [4.78, 5) is 3.46. The first-order valence-electron chi connectivity index (χ1n) is 8.24. The lowest BCUT2D eigenvalue weighted by molar-refractivity contribution is -0.274. The van der Waals surface area contributed by atoms with Crippen molar-refractivity contribution in [2.75, 3.05) is 12.8 Å². The van der Waals surface area contributed by atoms with Gasteiger partial charge < -0.3 is 19.6 Å². The molecule has 160 valence electrons. The minimum absolute atomic E-state index is 0.0241. The zero-order valence-electron chi connectivity index (χ0n) is 15.5. The number of nitrogen functional groups attached to an aromatic ring is 1. The van der Waals surface area contributed by atoms with E-state index >= 15 is 0 Å². The number of rotatable bonds is 6. The lowest BCUT2D eigenvalue weighted by atomic mass is 10.3. The highest BCUT2D eigenvalue weighted by atomic mass is 32.2. The maximum Gasteiger partial charge on any atom is 0.573 e. The molecule has 9 nitrogen and oxygen atoms in total. The molecule has 0 fully saturated rings. The molecule has 0 aliphatic rings. The molecule has 0 unspecified atom stereocenters. The fraction of sp³-hybridized carbons (Fsp3) is 0.235. The molecule has 1 atom stereocenters. The Morgan fingerprint density at radius 1 is 1.13 bits per heavy atom. The molecule has 0 amide bonds. The van der Waals surface area contributed by atoms with Crippen LogP contribution in [0, 0.1) is 0 Å². The molecule has 0 bridgehead atoms. The number of sulfone groups is 1. The molecule has 0 radical (unpaired) electrons. The summed E-state index contributed by atoms with van der Waals surface area (Å²) in [6, 6.07) is 4.89. The molecule has 30 heavy (non-hydrogen) atoms. The minimum Gasteiger partial charge on any atom is -0.416 e. The third-order valence-corrected chi connectivity index (χ3v) is 5.65. The number of hydrogen-bond donors (Lipinski definition) is 1. The standard InChI is InChI=1S/C17H15F3N4O5S/c1-9(27-2)15-23-24-16(28-15)14-13(21)7-12(8-22-14)30(25,26)11-5-3-10(4-6-11)29-17(18,19)20/h3-9H,21H2,1-2H3/t9-/m0/s1. The molecule has 0 spiro atoms. The highest BCUT2D eigenvalue weighted by Gasteiger charge is 2.31. The first kappa shape index (κ1) is 21.5. The normalized spacial score (nSPS) is 13.2. The van der Waals surface area contributed by atoms with Crippen molar-refractivity contribution < 1.29 is 35.5 Å². The number of pyridine rings is 1. The number of benzene rings is 1. The number of methoxy groups -OCH3 is 1. The molecule has 3 rings (SSSR count). The molecular weight excluding hydrogens is 429 g/mol. The number of ether oxygens (including phenoxy) is 2. The Bertz CT molecular complexity index is 1150. The van der Waals surface area contributed by atoms with Crippen LogP contribution in [0.25, 0.3) is 11.6 Å². The Morgan fingerprint density at radius 2 is 1.80 bits per heavy atom. The predicted octanol–water partition coefficient (Wildman–Crippen LogP) is 3.15. The van der Waals surface area contributed by atoms with E-state index in [0.717, 1.165) is 36.5 Å². The number of nitrogens with zero attached hydrogens (tertiary/aromatic N) is 3. The molecule has 1 aromatic carbocycles. The van der Waals surface area contributed by atoms with Crippen molar-refractivity contribution in [2.45, 2.75) is 29.2 Å². The summed E-state index contributed by atoms with van der Waals surface area (Å²) in [5.74, 6) is -0.387. The van der Waals surface area contributed by atoms with Crippen LogP contribution >= 0.6 is 0 Å². The summed E-state index contributed by atoms with van der Waals surface area (Å²) in [5, 5.41) is 7.62. The molecule has 0 aliphatic carbocycles. The van der Waals surface area contributed by atoms with E-state index in [1.54, 1.807) is 6.92 Å². The number of aromatic nitrogens is 3. The van der Waals surface area contributed by atoms with Crippen molar-refractivity contribution in [2.24, 2.45) is 0 Å². The van der Waals surface area contributed by atoms with Crippen molar-refractivity contribution in [3.8, 4) is 17.3 Å². The van der Waals surface area contributed by atoms with E-state index in [1.807, 2.05) is 0 Å². The second-order valence-corrected chi connectivity index (χ2v) is 7.90. The van der Waals surface area contributed by atoms with E-state index in [-0.39, 0.29) is 33.0 Å². The van der Waals surface area contributed by atoms with Gasteiger partial charge in [0.25, 0.3) is 5.89 Å². The van der Waals surface area contributed by atoms with E-state index in [1.165, 1.54) is 7.11 Å². The molecule has 2 N–H and O–H groups in total. The van der Waals surface area contributed by atoms with Crippen molar-refractivity contribution in [3.05, 3.63) is 42.4 Å². The molecule has 13 heteroatoms. The summed E-state index contributed by atoms with van der Waals surface area (Å²) in [6.45, 7) is 1.69. The van der Waals surface area contributed by atoms with Gasteiger partial charge in [-0.3, -0.25) is 0 Å². The first-order chi connectivity index (χ1) is 14.0. The van der Waals surface area contributed by atoms with Crippen molar-refractivity contribution in [3.63, 3.8) is 0 Å². The zero-order chi connectivity index (χ0) is 22.1. The van der Waals surface area contributed by atoms with Gasteiger partial charge in [0.2, 0.25) is 15.7 Å². The Kier molecular flexibility index (Phi) is 5.67. The van der Waals surface area contributed by atoms with Gasteiger partial charge in [0.15, 0.2) is 5.69 Å². The fourth-order valence-electron chi connectivity index (χ4n) is 2.34. The van der Waals surface area contributed by atoms with E-state index in [2.05, 4.69) is 19.9 Å². The van der Waals surface area contributed by atoms with Crippen molar-refractivity contribution >= 4 is 15.5 Å². The van der Waals surface area contributed by atoms with Crippen LogP contribution in [-0.4, -0.2) is 37.1 Å². The van der Waals surface area contributed by atoms with Gasteiger partial charge in [0.05, 0.1) is 15.5 Å². The first-order valence-corrected chi connectivity index (χ1v) is 9.72. The number of alkyl halides is 3. The van der Waals surface area contributed by atoms with E-state index in [0.29, 0.717) is 0 Å². The summed E-state index contributed by atoms with van der Waals surface area (Å²) < 4.78 is 76.4. The second kappa shape index (κ2) is 7.91. The third-order valence-electron chi connectivity index (χ3n) is 3.91. The Hall–Kier alpha value is -3.19. The highest BCUT2D eigenvalue weighted by Crippen LogP contribution is 2.30. The largest absolute Gasteiger partial charge is 0.573 e. The lowest BCUT2D eigenvalue weighted by Crippen LogP contribution is -2.17. The summed E-state index contributed by atoms with van der Waals surface area (Å²) in [5.41, 5.74) is 5.93. The van der Waals surface area contributed by atoms with E-state index in [4.69, 9.17) is 14.9 Å². The van der Waals surface area contributed by atoms with Crippen LogP contribution in [0.2, 0.25) is 0 Å². The number of nitrogens with two attached hydrogens (primary N) is 1. The molecule has 0 saturated heterocycles. The Morgan fingerprint density at radius 3 is 2.37 bits per heavy atom. The number of hydrogen-bond acceptors (Lipinski definition) is 9. The second-order valence-electron chi connectivity index (χ2n) is 5.95. The van der Waals surface area contributed by atoms with Gasteiger partial charge in [-0.1, -0.05) is 0 Å². The van der Waals surface area contributed by atoms with Gasteiger partial charge in [-0.2, -0.15) is 0 Å². The van der Waals surface area contributed by atoms with Crippen LogP contribution in [0.3, 0.4) is 0 Å². The van der Waals surface area contributed by atoms with Gasteiger partial charge in [-0.25, -0.2) is 13.4 Å². The fourth-order valence-corrected chi connectivity index (χ4v) is 3.58. The van der Waals surface area contributed by atoms with Crippen LogP contribution < -0.4 is 10.5 Å². The molecule has 3 aromatic rings. The summed E-state index contributed by atoms with van der Waals surface area (Å²) in [6.07, 6.45) is -4.31. The molecule has 0 saturated carbocycles. The van der Waals surface area contributed by atoms with Crippen LogP contribution in [0.15, 0.2) is 50.7 Å². The maximum atomic E-state index is 12.7. The smallest absolute Gasteiger partial charge is 0.416 e. The van der Waals surface area contributed by atoms with Gasteiger partial charge in [0, 0.05) is 13.3 Å². The predicted molar refractivity (Wildman–Crippen MR) is 95.9 cm³/mol. The van der Waals surface area contributed by atoms with Gasteiger partial charge in [0.1, 0.15) is 11.9 Å². The van der Waals surface area contributed by atoms with Crippen LogP contribution in [0.1, 0.15) is 18.9 Å². The average molecular weight is 444 g/mol. The molecule has 2 heterocycles. The number of anilines is 1. The van der Waals surface area contributed by atoms with Crippen LogP contribution in [0.4, 0.5) is 18.9 Å². The Labute approximate surface area is 168 Å². The lowest BCUT2D eigenvalue weighted by Gasteiger charge is -2.10. The summed E-state index contributed by atoms with van der Waals surface area (Å²) in [7, 11) is -2.64. The van der Waals surface area contributed by atoms with Crippen molar-refractivity contribution in [1.29, 1.82) is 0 Å². The Balaban J connectivity index is 1.89. The SMILES string of the molecule is CO[C@@H](C)c1nnc(-c2ncc(S(=O)(=O)c3ccc(OC(F)(F)F)cc3)cc2N)o1. The average Bonchev–Trinajstić information content (AvgIpc) is 3.16. The molecule has 0 aliphatic heterocycles. The molecule has 2 aromatic heterocycles. The minimum atomic E-state index is -4.88. The topological polar surface area (TPSA) is 130 Å². The quantitative estimate of drug-likeness (QED) is 0.609. The zero-order valence-corrected chi connectivity index (χ0v) is 16.4. The van der Waals surface area contributed by atoms with Gasteiger partial charge in [-0.05, 0) is 37.3 Å². The summed E-state index contributed by atoms with van der Waals surface area (Å²) >= 11 is 0. The highest BCUT2D eigenvalue weighted by molar-refractivity contribution is 7.91. The van der Waals surface area contributed by atoms with Crippen LogP contribution in [-0.2, 0) is 14.6 Å². The maximum absolute atomic E-state index is 12.7. The van der Waals surface area contributed by atoms with Crippen molar-refractivity contribution in [1.82, 2.24) is 15.2 Å². The van der Waals surface area contributed by atoms with Crippen LogP contribution in [0.5, 0.6) is 5.75 Å². The molecular formula is C17H15F3N4O5S. The third kappa shape index (κ3) is 4.52.